The minimum atomic E-state index is -4.09. The number of benzene rings is 4. The molecule has 0 radical (unpaired) electrons. The third-order valence-corrected chi connectivity index (χ3v) is 36.3. The maximum atomic E-state index is 2.73. The van der Waals surface area contributed by atoms with Gasteiger partial charge in [-0.25, -0.2) is 0 Å². The molecule has 0 amide bonds. The first-order valence-corrected chi connectivity index (χ1v) is 35.0. The Hall–Kier alpha value is -2.25. The predicted octanol–water partition coefficient (Wildman–Crippen LogP) is 17.8. The van der Waals surface area contributed by atoms with Crippen molar-refractivity contribution in [1.82, 2.24) is 0 Å². The summed E-state index contributed by atoms with van der Waals surface area (Å²) in [6.45, 7) is 35.1. The normalized spacial score (nSPS) is 19.8. The number of hydrogen-bond donors (Lipinski definition) is 0. The Morgan fingerprint density at radius 1 is 0.429 bits per heavy atom. The molecule has 0 aliphatic heterocycles. The van der Waals surface area contributed by atoms with Crippen LogP contribution in [0.4, 0.5) is 0 Å². The van der Waals surface area contributed by atoms with E-state index >= 15 is 0 Å². The Morgan fingerprint density at radius 2 is 0.778 bits per heavy atom. The van der Waals surface area contributed by atoms with Gasteiger partial charge in [0.25, 0.3) is 0 Å². The molecular formula is C62H88Hf. The van der Waals surface area contributed by atoms with Gasteiger partial charge < -0.3 is 0 Å². The Labute approximate surface area is 392 Å². The molecule has 0 nitrogen and oxygen atoms in total. The Kier molecular flexibility index (Phi) is 13.3. The molecule has 2 saturated carbocycles. The van der Waals surface area contributed by atoms with Gasteiger partial charge in [-0.3, -0.25) is 0 Å². The SMILES string of the molecule is CCC[CH2][Hf]([CH2]CCC)([c]1c(C(C)(C)C)ccc2c1C(C1CCCCC1)c1cc(C(C)(C)C)ccc1-2)[c]1c(C(C)(C)C)ccc2c1C(C1CCCCC1)c1cc(C(C)(C)C)ccc1-2. The van der Waals surface area contributed by atoms with Gasteiger partial charge in [0.05, 0.1) is 0 Å². The molecule has 8 rings (SSSR count). The second-order valence-corrected chi connectivity index (χ2v) is 40.5. The number of fused-ring (bicyclic) bond motifs is 6. The van der Waals surface area contributed by atoms with Crippen LogP contribution in [0.15, 0.2) is 60.7 Å². The summed E-state index contributed by atoms with van der Waals surface area (Å²) in [5.41, 5.74) is 20.2. The molecular weight excluding hydrogens is 923 g/mol. The second-order valence-electron chi connectivity index (χ2n) is 25.5. The van der Waals surface area contributed by atoms with E-state index in [9.17, 15) is 0 Å². The van der Waals surface area contributed by atoms with E-state index in [1.165, 1.54) is 109 Å². The average Bonchev–Trinajstić information content (AvgIpc) is 3.75. The van der Waals surface area contributed by atoms with Crippen LogP contribution in [0, 0.1) is 11.8 Å². The summed E-state index contributed by atoms with van der Waals surface area (Å²) in [5, 5.41) is 0. The first-order valence-electron chi connectivity index (χ1n) is 26.4. The Bertz CT molecular complexity index is 2110. The molecule has 340 valence electrons. The molecule has 2 atom stereocenters. The van der Waals surface area contributed by atoms with Gasteiger partial charge in [0.15, 0.2) is 0 Å². The third kappa shape index (κ3) is 8.65. The molecule has 4 aromatic rings. The van der Waals surface area contributed by atoms with Crippen molar-refractivity contribution >= 4 is 6.64 Å². The van der Waals surface area contributed by atoms with Crippen LogP contribution in [0.25, 0.3) is 22.3 Å². The topological polar surface area (TPSA) is 0 Å². The molecule has 0 heterocycles. The van der Waals surface area contributed by atoms with Crippen LogP contribution >= 0.6 is 0 Å². The van der Waals surface area contributed by atoms with Gasteiger partial charge in [-0.2, -0.15) is 0 Å². The van der Waals surface area contributed by atoms with Crippen LogP contribution in [0.5, 0.6) is 0 Å². The Balaban J connectivity index is 1.55. The molecule has 4 aliphatic carbocycles. The molecule has 0 spiro atoms. The summed E-state index contributed by atoms with van der Waals surface area (Å²) in [5.74, 6) is 2.41. The van der Waals surface area contributed by atoms with E-state index in [0.29, 0.717) is 23.7 Å². The maximum absolute atomic E-state index is 4.09. The fourth-order valence-corrected chi connectivity index (χ4v) is 38.7. The monoisotopic (exact) mass is 1010 g/mol. The van der Waals surface area contributed by atoms with E-state index in [-0.39, 0.29) is 21.7 Å². The van der Waals surface area contributed by atoms with Gasteiger partial charge in [0, 0.05) is 0 Å². The quantitative estimate of drug-likeness (QED) is 0.139. The summed E-state index contributed by atoms with van der Waals surface area (Å²) in [7, 11) is 0. The zero-order chi connectivity index (χ0) is 45.3. The van der Waals surface area contributed by atoms with Crippen molar-refractivity contribution < 1.29 is 20.0 Å². The van der Waals surface area contributed by atoms with Gasteiger partial charge in [-0.1, -0.05) is 0 Å². The fraction of sp³-hybridized carbons (Fsp3) is 0.613. The average molecular weight is 1010 g/mol. The van der Waals surface area contributed by atoms with Crippen molar-refractivity contribution in [3.8, 4) is 22.3 Å². The molecule has 0 aromatic heterocycles. The van der Waals surface area contributed by atoms with Crippen LogP contribution < -0.4 is 6.64 Å². The van der Waals surface area contributed by atoms with Crippen LogP contribution in [0.2, 0.25) is 8.35 Å². The van der Waals surface area contributed by atoms with E-state index < -0.39 is 20.0 Å². The van der Waals surface area contributed by atoms with Crippen molar-refractivity contribution in [2.24, 2.45) is 11.8 Å². The predicted molar refractivity (Wildman–Crippen MR) is 274 cm³/mol. The van der Waals surface area contributed by atoms with Gasteiger partial charge in [-0.05, 0) is 0 Å². The summed E-state index contributed by atoms with van der Waals surface area (Å²) < 4.78 is 6.85. The van der Waals surface area contributed by atoms with Crippen molar-refractivity contribution in [2.75, 3.05) is 0 Å². The fourth-order valence-electron chi connectivity index (χ4n) is 13.6. The summed E-state index contributed by atoms with van der Waals surface area (Å²) in [4.78, 5) is 0. The van der Waals surface area contributed by atoms with Crippen molar-refractivity contribution in [2.45, 2.75) is 229 Å². The molecule has 1 heteroatoms. The van der Waals surface area contributed by atoms with E-state index in [2.05, 4.69) is 158 Å². The van der Waals surface area contributed by atoms with E-state index in [1.807, 2.05) is 17.8 Å². The van der Waals surface area contributed by atoms with Gasteiger partial charge >= 0.3 is 395 Å². The van der Waals surface area contributed by atoms with Gasteiger partial charge in [0.2, 0.25) is 0 Å². The van der Waals surface area contributed by atoms with Crippen molar-refractivity contribution in [3.05, 3.63) is 105 Å². The number of rotatable bonds is 10. The summed E-state index contributed by atoms with van der Waals surface area (Å²) in [6.07, 6.45) is 19.1. The Morgan fingerprint density at radius 3 is 1.10 bits per heavy atom. The molecule has 0 N–H and O–H groups in total. The first kappa shape index (κ1) is 47.3. The van der Waals surface area contributed by atoms with Crippen LogP contribution in [0.1, 0.15) is 243 Å². The molecule has 4 aromatic carbocycles. The molecule has 2 unspecified atom stereocenters. The molecule has 2 fully saturated rings. The zero-order valence-corrected chi connectivity index (χ0v) is 46.5. The van der Waals surface area contributed by atoms with E-state index in [4.69, 9.17) is 0 Å². The van der Waals surface area contributed by atoms with E-state index in [0.717, 1.165) is 0 Å². The second kappa shape index (κ2) is 17.8. The van der Waals surface area contributed by atoms with Gasteiger partial charge in [0.1, 0.15) is 0 Å². The zero-order valence-electron chi connectivity index (χ0n) is 42.9. The van der Waals surface area contributed by atoms with Gasteiger partial charge in [-0.15, -0.1) is 0 Å². The minimum absolute atomic E-state index is 0.0453. The van der Waals surface area contributed by atoms with Crippen molar-refractivity contribution in [3.63, 3.8) is 0 Å². The molecule has 0 saturated heterocycles. The van der Waals surface area contributed by atoms with Crippen LogP contribution in [0.3, 0.4) is 0 Å². The van der Waals surface area contributed by atoms with Crippen LogP contribution in [-0.2, 0) is 41.6 Å². The summed E-state index contributed by atoms with van der Waals surface area (Å²) >= 11 is -4.09. The first-order chi connectivity index (χ1) is 29.7. The standard InChI is InChI=1S/2C27H35.2C4H9.Hf/c2*1-26(2,3)19-12-14-21-22-15-13-20(27(4,5)6)17-24(22)25(23(21)16-19)18-10-8-7-9-11-18;2*1-3-4-2;/h2*12-16,18,25H,7-11H2,1-6H3;2*1,3-4H2,2H3;. The number of hydrogen-bond acceptors (Lipinski definition) is 0. The number of unbranched alkanes of at least 4 members (excludes halogenated alkanes) is 2. The van der Waals surface area contributed by atoms with E-state index in [1.54, 1.807) is 44.5 Å². The molecule has 63 heavy (non-hydrogen) atoms. The van der Waals surface area contributed by atoms with Crippen molar-refractivity contribution in [1.29, 1.82) is 0 Å². The third-order valence-electron chi connectivity index (χ3n) is 16.9. The summed E-state index contributed by atoms with van der Waals surface area (Å²) in [6, 6.07) is 26.4. The molecule has 0 bridgehead atoms. The molecule has 4 aliphatic rings. The van der Waals surface area contributed by atoms with Crippen LogP contribution in [-0.4, -0.2) is 0 Å².